The number of aromatic nitrogens is 1. The average Bonchev–Trinajstić information content (AvgIpc) is 2.11. The predicted molar refractivity (Wildman–Crippen MR) is 47.2 cm³/mol. The highest BCUT2D eigenvalue weighted by atomic mass is 79.9. The SMILES string of the molecule is CC(C)(C)c1ccc(Br)[nH]1. The van der Waals surface area contributed by atoms with Gasteiger partial charge in [0.15, 0.2) is 0 Å². The van der Waals surface area contributed by atoms with Crippen LogP contribution in [0, 0.1) is 0 Å². The van der Waals surface area contributed by atoms with Crippen LogP contribution >= 0.6 is 15.9 Å². The molecular weight excluding hydrogens is 190 g/mol. The molecule has 0 unspecified atom stereocenters. The molecule has 1 aromatic rings. The van der Waals surface area contributed by atoms with Gasteiger partial charge in [0, 0.05) is 11.1 Å². The monoisotopic (exact) mass is 201 g/mol. The zero-order valence-electron chi connectivity index (χ0n) is 6.53. The second-order valence-electron chi connectivity index (χ2n) is 3.47. The van der Waals surface area contributed by atoms with Crippen LogP contribution in [0.3, 0.4) is 0 Å². The number of rotatable bonds is 0. The molecule has 1 nitrogen and oxygen atoms in total. The van der Waals surface area contributed by atoms with Crippen molar-refractivity contribution in [2.75, 3.05) is 0 Å². The molecule has 0 aliphatic carbocycles. The molecule has 0 bridgehead atoms. The largest absolute Gasteiger partial charge is 0.353 e. The standard InChI is InChI=1S/C8H12BrN/c1-8(2,3)6-4-5-7(9)10-6/h4-5,10H,1-3H3. The molecule has 10 heavy (non-hydrogen) atoms. The van der Waals surface area contributed by atoms with Crippen molar-refractivity contribution in [1.82, 2.24) is 4.98 Å². The van der Waals surface area contributed by atoms with Gasteiger partial charge >= 0.3 is 0 Å². The van der Waals surface area contributed by atoms with E-state index in [2.05, 4.69) is 47.8 Å². The van der Waals surface area contributed by atoms with E-state index < -0.39 is 0 Å². The molecule has 0 atom stereocenters. The summed E-state index contributed by atoms with van der Waals surface area (Å²) in [6.07, 6.45) is 0. The number of aromatic amines is 1. The summed E-state index contributed by atoms with van der Waals surface area (Å²) < 4.78 is 1.05. The molecule has 0 saturated heterocycles. The van der Waals surface area contributed by atoms with Gasteiger partial charge in [-0.15, -0.1) is 0 Å². The van der Waals surface area contributed by atoms with Crippen LogP contribution in [0.15, 0.2) is 16.7 Å². The predicted octanol–water partition coefficient (Wildman–Crippen LogP) is 3.07. The zero-order chi connectivity index (χ0) is 7.78. The van der Waals surface area contributed by atoms with Gasteiger partial charge < -0.3 is 4.98 Å². The summed E-state index contributed by atoms with van der Waals surface area (Å²) in [5.41, 5.74) is 1.49. The molecule has 0 fully saturated rings. The first-order valence-electron chi connectivity index (χ1n) is 3.35. The van der Waals surface area contributed by atoms with Crippen molar-refractivity contribution in [2.24, 2.45) is 0 Å². The lowest BCUT2D eigenvalue weighted by atomic mass is 9.93. The third-order valence-electron chi connectivity index (χ3n) is 1.46. The van der Waals surface area contributed by atoms with Crippen LogP contribution in [0.5, 0.6) is 0 Å². The van der Waals surface area contributed by atoms with E-state index in [1.165, 1.54) is 5.69 Å². The summed E-state index contributed by atoms with van der Waals surface area (Å²) in [6.45, 7) is 6.56. The Bertz CT molecular complexity index is 219. The van der Waals surface area contributed by atoms with Crippen LogP contribution in [-0.4, -0.2) is 4.98 Å². The molecule has 0 radical (unpaired) electrons. The highest BCUT2D eigenvalue weighted by Gasteiger charge is 2.14. The van der Waals surface area contributed by atoms with E-state index >= 15 is 0 Å². The maximum absolute atomic E-state index is 3.37. The number of nitrogens with one attached hydrogen (secondary N) is 1. The number of halogens is 1. The Balaban J connectivity index is 2.96. The van der Waals surface area contributed by atoms with E-state index in [9.17, 15) is 0 Å². The molecule has 0 aliphatic heterocycles. The Morgan fingerprint density at radius 1 is 1.30 bits per heavy atom. The molecule has 1 heterocycles. The molecule has 2 heteroatoms. The Labute approximate surface area is 70.0 Å². The smallest absolute Gasteiger partial charge is 0.0822 e. The summed E-state index contributed by atoms with van der Waals surface area (Å²) in [4.78, 5) is 3.23. The summed E-state index contributed by atoms with van der Waals surface area (Å²) in [6, 6.07) is 4.13. The molecular formula is C8H12BrN. The highest BCUT2D eigenvalue weighted by molar-refractivity contribution is 9.10. The van der Waals surface area contributed by atoms with Crippen LogP contribution in [0.25, 0.3) is 0 Å². The van der Waals surface area contributed by atoms with Gasteiger partial charge in [0.05, 0.1) is 4.60 Å². The van der Waals surface area contributed by atoms with Crippen molar-refractivity contribution in [1.29, 1.82) is 0 Å². The van der Waals surface area contributed by atoms with Crippen molar-refractivity contribution in [3.63, 3.8) is 0 Å². The van der Waals surface area contributed by atoms with E-state index in [4.69, 9.17) is 0 Å². The molecule has 1 N–H and O–H groups in total. The van der Waals surface area contributed by atoms with Crippen LogP contribution in [-0.2, 0) is 5.41 Å². The third kappa shape index (κ3) is 1.63. The second kappa shape index (κ2) is 2.42. The summed E-state index contributed by atoms with van der Waals surface area (Å²) in [7, 11) is 0. The van der Waals surface area contributed by atoms with E-state index in [0.717, 1.165) is 4.60 Å². The van der Waals surface area contributed by atoms with Crippen molar-refractivity contribution in [3.05, 3.63) is 22.4 Å². The Morgan fingerprint density at radius 3 is 2.10 bits per heavy atom. The third-order valence-corrected chi connectivity index (χ3v) is 1.92. The van der Waals surface area contributed by atoms with Gasteiger partial charge in [0.1, 0.15) is 0 Å². The van der Waals surface area contributed by atoms with Crippen molar-refractivity contribution in [3.8, 4) is 0 Å². The second-order valence-corrected chi connectivity index (χ2v) is 4.32. The maximum Gasteiger partial charge on any atom is 0.0822 e. The lowest BCUT2D eigenvalue weighted by molar-refractivity contribution is 0.572. The molecule has 1 aromatic heterocycles. The maximum atomic E-state index is 3.37. The summed E-state index contributed by atoms with van der Waals surface area (Å²) in [5.74, 6) is 0. The molecule has 0 aromatic carbocycles. The van der Waals surface area contributed by atoms with Gasteiger partial charge in [0.25, 0.3) is 0 Å². The minimum atomic E-state index is 0.228. The molecule has 0 saturated carbocycles. The zero-order valence-corrected chi connectivity index (χ0v) is 8.12. The lowest BCUT2D eigenvalue weighted by Gasteiger charge is -2.15. The molecule has 1 rings (SSSR count). The minimum Gasteiger partial charge on any atom is -0.353 e. The lowest BCUT2D eigenvalue weighted by Crippen LogP contribution is -2.10. The van der Waals surface area contributed by atoms with Gasteiger partial charge in [-0.25, -0.2) is 0 Å². The fraction of sp³-hybridized carbons (Fsp3) is 0.500. The minimum absolute atomic E-state index is 0.228. The Kier molecular flexibility index (Phi) is 1.90. The van der Waals surface area contributed by atoms with Gasteiger partial charge in [0.2, 0.25) is 0 Å². The van der Waals surface area contributed by atoms with Crippen LogP contribution in [0.2, 0.25) is 0 Å². The van der Waals surface area contributed by atoms with Gasteiger partial charge in [-0.2, -0.15) is 0 Å². The van der Waals surface area contributed by atoms with Gasteiger partial charge in [-0.3, -0.25) is 0 Å². The van der Waals surface area contributed by atoms with Crippen LogP contribution in [0.4, 0.5) is 0 Å². The Morgan fingerprint density at radius 2 is 1.90 bits per heavy atom. The quantitative estimate of drug-likeness (QED) is 0.665. The van der Waals surface area contributed by atoms with E-state index in [-0.39, 0.29) is 5.41 Å². The van der Waals surface area contributed by atoms with Crippen molar-refractivity contribution < 1.29 is 0 Å². The van der Waals surface area contributed by atoms with E-state index in [1.807, 2.05) is 6.07 Å². The topological polar surface area (TPSA) is 15.8 Å². The number of hydrogen-bond acceptors (Lipinski definition) is 0. The van der Waals surface area contributed by atoms with Gasteiger partial charge in [-0.1, -0.05) is 20.8 Å². The van der Waals surface area contributed by atoms with Crippen LogP contribution in [0.1, 0.15) is 26.5 Å². The summed E-state index contributed by atoms with van der Waals surface area (Å²) >= 11 is 3.37. The molecule has 0 amide bonds. The first-order valence-corrected chi connectivity index (χ1v) is 4.14. The van der Waals surface area contributed by atoms with Gasteiger partial charge in [-0.05, 0) is 28.1 Å². The first kappa shape index (κ1) is 7.86. The highest BCUT2D eigenvalue weighted by Crippen LogP contribution is 2.22. The van der Waals surface area contributed by atoms with E-state index in [1.54, 1.807) is 0 Å². The number of hydrogen-bond donors (Lipinski definition) is 1. The molecule has 56 valence electrons. The van der Waals surface area contributed by atoms with Crippen LogP contribution < -0.4 is 0 Å². The normalized spacial score (nSPS) is 12.0. The first-order chi connectivity index (χ1) is 4.50. The summed E-state index contributed by atoms with van der Waals surface area (Å²) in [5, 5.41) is 0. The Hall–Kier alpha value is -0.240. The average molecular weight is 202 g/mol. The number of H-pyrrole nitrogens is 1. The van der Waals surface area contributed by atoms with E-state index in [0.29, 0.717) is 0 Å². The fourth-order valence-corrected chi connectivity index (χ4v) is 1.15. The molecule has 0 aliphatic rings. The fourth-order valence-electron chi connectivity index (χ4n) is 0.806. The van der Waals surface area contributed by atoms with Crippen molar-refractivity contribution >= 4 is 15.9 Å². The molecule has 0 spiro atoms. The van der Waals surface area contributed by atoms with Crippen molar-refractivity contribution in [2.45, 2.75) is 26.2 Å².